The zero-order chi connectivity index (χ0) is 21.8. The summed E-state index contributed by atoms with van der Waals surface area (Å²) in [5.74, 6) is -0.0730. The first kappa shape index (κ1) is 19.6. The van der Waals surface area contributed by atoms with Crippen molar-refractivity contribution >= 4 is 22.6 Å². The lowest BCUT2D eigenvalue weighted by Crippen LogP contribution is -2.00. The molecule has 0 fully saturated rings. The molecule has 0 amide bonds. The van der Waals surface area contributed by atoms with E-state index in [-0.39, 0.29) is 18.2 Å². The van der Waals surface area contributed by atoms with E-state index in [9.17, 15) is 4.39 Å². The van der Waals surface area contributed by atoms with Crippen molar-refractivity contribution in [3.8, 4) is 5.75 Å². The standard InChI is InChI=1S/C25H17FN4O2/c26-22-14-19(21(25-30-28-16-32-25)13-17-9-11-27-12-10-17)6-8-24(22)31-15-20-7-5-18-3-1-2-4-23(18)29-20/h1-14,16H,15H2/b21-13+. The van der Waals surface area contributed by atoms with Crippen molar-refractivity contribution in [2.45, 2.75) is 6.61 Å². The molecule has 7 heteroatoms. The predicted octanol–water partition coefficient (Wildman–Crippen LogP) is 5.32. The normalized spacial score (nSPS) is 11.6. The Bertz CT molecular complexity index is 1390. The molecule has 0 unspecified atom stereocenters. The van der Waals surface area contributed by atoms with Gasteiger partial charge in [0.2, 0.25) is 12.3 Å². The fourth-order valence-corrected chi connectivity index (χ4v) is 3.31. The first-order chi connectivity index (χ1) is 15.8. The fourth-order valence-electron chi connectivity index (χ4n) is 3.31. The first-order valence-electron chi connectivity index (χ1n) is 9.92. The maximum absolute atomic E-state index is 14.9. The van der Waals surface area contributed by atoms with Crippen LogP contribution in [0.15, 0.2) is 89.9 Å². The topological polar surface area (TPSA) is 73.9 Å². The summed E-state index contributed by atoms with van der Waals surface area (Å²) in [7, 11) is 0. The Balaban J connectivity index is 1.40. The van der Waals surface area contributed by atoms with Gasteiger partial charge in [0, 0.05) is 23.4 Å². The Hall–Kier alpha value is -4.39. The lowest BCUT2D eigenvalue weighted by atomic mass is 10.0. The molecule has 0 saturated heterocycles. The van der Waals surface area contributed by atoms with Crippen LogP contribution in [-0.2, 0) is 6.61 Å². The largest absolute Gasteiger partial charge is 0.484 e. The van der Waals surface area contributed by atoms with E-state index in [1.807, 2.05) is 54.6 Å². The molecule has 0 aliphatic carbocycles. The van der Waals surface area contributed by atoms with Crippen LogP contribution in [0.25, 0.3) is 22.6 Å². The van der Waals surface area contributed by atoms with Crippen LogP contribution in [-0.4, -0.2) is 20.2 Å². The van der Waals surface area contributed by atoms with Crippen molar-refractivity contribution in [2.75, 3.05) is 0 Å². The van der Waals surface area contributed by atoms with Gasteiger partial charge < -0.3 is 9.15 Å². The smallest absolute Gasteiger partial charge is 0.248 e. The predicted molar refractivity (Wildman–Crippen MR) is 118 cm³/mol. The van der Waals surface area contributed by atoms with Crippen LogP contribution in [0.5, 0.6) is 5.75 Å². The zero-order valence-electron chi connectivity index (χ0n) is 16.9. The third-order valence-corrected chi connectivity index (χ3v) is 4.88. The van der Waals surface area contributed by atoms with E-state index in [0.717, 1.165) is 22.2 Å². The van der Waals surface area contributed by atoms with Crippen molar-refractivity contribution in [3.05, 3.63) is 114 Å². The van der Waals surface area contributed by atoms with Crippen molar-refractivity contribution in [1.82, 2.24) is 20.2 Å². The summed E-state index contributed by atoms with van der Waals surface area (Å²) < 4.78 is 26.0. The molecule has 0 radical (unpaired) electrons. The van der Waals surface area contributed by atoms with Gasteiger partial charge in [-0.1, -0.05) is 30.3 Å². The molecule has 3 aromatic heterocycles. The molecule has 5 aromatic rings. The van der Waals surface area contributed by atoms with E-state index in [4.69, 9.17) is 9.15 Å². The van der Waals surface area contributed by atoms with Gasteiger partial charge in [-0.15, -0.1) is 10.2 Å². The third kappa shape index (κ3) is 4.22. The van der Waals surface area contributed by atoms with Gasteiger partial charge in [-0.2, -0.15) is 0 Å². The number of pyridine rings is 2. The van der Waals surface area contributed by atoms with E-state index in [0.29, 0.717) is 11.1 Å². The van der Waals surface area contributed by atoms with Crippen LogP contribution >= 0.6 is 0 Å². The highest BCUT2D eigenvalue weighted by Gasteiger charge is 2.14. The summed E-state index contributed by atoms with van der Waals surface area (Å²) in [4.78, 5) is 8.57. The van der Waals surface area contributed by atoms with E-state index in [2.05, 4.69) is 20.2 Å². The van der Waals surface area contributed by atoms with E-state index in [1.165, 1.54) is 12.5 Å². The monoisotopic (exact) mass is 424 g/mol. The molecule has 0 bridgehead atoms. The summed E-state index contributed by atoms with van der Waals surface area (Å²) in [6, 6.07) is 20.1. The quantitative estimate of drug-likeness (QED) is 0.367. The molecule has 3 heterocycles. The maximum atomic E-state index is 14.9. The van der Waals surface area contributed by atoms with Gasteiger partial charge in [0.15, 0.2) is 11.6 Å². The molecule has 0 aliphatic heterocycles. The van der Waals surface area contributed by atoms with Crippen LogP contribution in [0.3, 0.4) is 0 Å². The molecule has 5 rings (SSSR count). The van der Waals surface area contributed by atoms with Crippen molar-refractivity contribution < 1.29 is 13.5 Å². The molecule has 0 saturated carbocycles. The third-order valence-electron chi connectivity index (χ3n) is 4.88. The van der Waals surface area contributed by atoms with Crippen LogP contribution < -0.4 is 4.74 Å². The number of nitrogens with zero attached hydrogens (tertiary/aromatic N) is 4. The molecule has 6 nitrogen and oxygen atoms in total. The van der Waals surface area contributed by atoms with Crippen LogP contribution in [0.1, 0.15) is 22.7 Å². The van der Waals surface area contributed by atoms with Gasteiger partial charge in [0.25, 0.3) is 0 Å². The van der Waals surface area contributed by atoms with Gasteiger partial charge in [0.1, 0.15) is 6.61 Å². The van der Waals surface area contributed by atoms with E-state index in [1.54, 1.807) is 24.5 Å². The highest BCUT2D eigenvalue weighted by atomic mass is 19.1. The number of rotatable bonds is 6. The highest BCUT2D eigenvalue weighted by molar-refractivity contribution is 5.88. The number of hydrogen-bond acceptors (Lipinski definition) is 6. The number of hydrogen-bond donors (Lipinski definition) is 0. The number of halogens is 1. The lowest BCUT2D eigenvalue weighted by molar-refractivity contribution is 0.286. The SMILES string of the molecule is Fc1cc(/C(=C\c2ccncc2)c2nnco2)ccc1OCc1ccc2ccccc2n1. The number of para-hydroxylation sites is 1. The second-order valence-electron chi connectivity index (χ2n) is 7.01. The zero-order valence-corrected chi connectivity index (χ0v) is 16.9. The molecule has 156 valence electrons. The summed E-state index contributed by atoms with van der Waals surface area (Å²) in [5, 5.41) is 8.76. The molecule has 0 atom stereocenters. The number of benzene rings is 2. The number of fused-ring (bicyclic) bond motifs is 1. The van der Waals surface area contributed by atoms with Crippen molar-refractivity contribution in [2.24, 2.45) is 0 Å². The Morgan fingerprint density at radius 2 is 1.88 bits per heavy atom. The molecular formula is C25H17FN4O2. The van der Waals surface area contributed by atoms with Crippen molar-refractivity contribution in [1.29, 1.82) is 0 Å². The average Bonchev–Trinajstić information content (AvgIpc) is 3.37. The molecule has 0 spiro atoms. The number of ether oxygens (including phenoxy) is 1. The average molecular weight is 424 g/mol. The van der Waals surface area contributed by atoms with Crippen molar-refractivity contribution in [3.63, 3.8) is 0 Å². The van der Waals surface area contributed by atoms with Gasteiger partial charge in [0.05, 0.1) is 11.2 Å². The van der Waals surface area contributed by atoms with Gasteiger partial charge in [-0.05, 0) is 53.6 Å². The summed E-state index contributed by atoms with van der Waals surface area (Å²) in [6.07, 6.45) is 6.43. The molecule has 0 N–H and O–H groups in total. The minimum atomic E-state index is -0.497. The van der Waals surface area contributed by atoms with Crippen LogP contribution in [0.2, 0.25) is 0 Å². The van der Waals surface area contributed by atoms with Gasteiger partial charge in [-0.3, -0.25) is 4.98 Å². The van der Waals surface area contributed by atoms with E-state index >= 15 is 0 Å². The summed E-state index contributed by atoms with van der Waals surface area (Å²) >= 11 is 0. The Morgan fingerprint density at radius 3 is 2.69 bits per heavy atom. The van der Waals surface area contributed by atoms with Crippen LogP contribution in [0, 0.1) is 5.82 Å². The van der Waals surface area contributed by atoms with Crippen LogP contribution in [0.4, 0.5) is 4.39 Å². The minimum Gasteiger partial charge on any atom is -0.484 e. The Kier molecular flexibility index (Phi) is 5.36. The summed E-state index contributed by atoms with van der Waals surface area (Å²) in [5.41, 5.74) is 3.64. The highest BCUT2D eigenvalue weighted by Crippen LogP contribution is 2.28. The molecule has 32 heavy (non-hydrogen) atoms. The van der Waals surface area contributed by atoms with E-state index < -0.39 is 5.82 Å². The van der Waals surface area contributed by atoms with Gasteiger partial charge in [-0.25, -0.2) is 9.37 Å². The number of aromatic nitrogens is 4. The second-order valence-corrected chi connectivity index (χ2v) is 7.01. The molecule has 0 aliphatic rings. The minimum absolute atomic E-state index is 0.137. The molecule has 2 aromatic carbocycles. The Labute approximate surface area is 183 Å². The summed E-state index contributed by atoms with van der Waals surface area (Å²) in [6.45, 7) is 0.157. The fraction of sp³-hybridized carbons (Fsp3) is 0.0400. The lowest BCUT2D eigenvalue weighted by Gasteiger charge is -2.10. The second kappa shape index (κ2) is 8.77. The molecular weight excluding hydrogens is 407 g/mol. The maximum Gasteiger partial charge on any atom is 0.248 e. The first-order valence-corrected chi connectivity index (χ1v) is 9.92. The Morgan fingerprint density at radius 1 is 1.00 bits per heavy atom. The van der Waals surface area contributed by atoms with Gasteiger partial charge >= 0.3 is 0 Å².